The van der Waals surface area contributed by atoms with E-state index in [9.17, 15) is 9.59 Å². The van der Waals surface area contributed by atoms with Crippen LogP contribution in [0.4, 0.5) is 5.82 Å². The van der Waals surface area contributed by atoms with Crippen LogP contribution in [0.25, 0.3) is 0 Å². The van der Waals surface area contributed by atoms with Crippen molar-refractivity contribution in [2.75, 3.05) is 44.2 Å². The van der Waals surface area contributed by atoms with Gasteiger partial charge >= 0.3 is 0 Å². The van der Waals surface area contributed by atoms with Crippen LogP contribution in [0.5, 0.6) is 0 Å². The van der Waals surface area contributed by atoms with Gasteiger partial charge in [0, 0.05) is 57.5 Å². The predicted molar refractivity (Wildman–Crippen MR) is 118 cm³/mol. The number of rotatable bonds is 5. The molecule has 6 heteroatoms. The van der Waals surface area contributed by atoms with Gasteiger partial charge < -0.3 is 14.7 Å². The predicted octanol–water partition coefficient (Wildman–Crippen LogP) is 3.25. The molecule has 6 nitrogen and oxygen atoms in total. The van der Waals surface area contributed by atoms with E-state index in [1.807, 2.05) is 34.2 Å². The molecule has 0 N–H and O–H groups in total. The molecule has 0 aromatic carbocycles. The number of piperazine rings is 1. The lowest BCUT2D eigenvalue weighted by molar-refractivity contribution is -0.132. The maximum Gasteiger partial charge on any atom is 0.249 e. The number of amides is 2. The Morgan fingerprint density at radius 2 is 1.87 bits per heavy atom. The van der Waals surface area contributed by atoms with Crippen molar-refractivity contribution in [1.29, 1.82) is 0 Å². The molecular formula is C24H34N4O2. The second kappa shape index (κ2) is 10.1. The highest BCUT2D eigenvalue weighted by Crippen LogP contribution is 2.26. The minimum atomic E-state index is 0.247. The number of aromatic nitrogens is 1. The first-order valence-electron chi connectivity index (χ1n) is 11.6. The van der Waals surface area contributed by atoms with E-state index in [0.29, 0.717) is 12.3 Å². The highest BCUT2D eigenvalue weighted by Gasteiger charge is 2.27. The maximum atomic E-state index is 12.8. The fourth-order valence-corrected chi connectivity index (χ4v) is 4.93. The van der Waals surface area contributed by atoms with E-state index in [4.69, 9.17) is 0 Å². The van der Waals surface area contributed by atoms with Gasteiger partial charge in [0.05, 0.1) is 0 Å². The van der Waals surface area contributed by atoms with E-state index in [2.05, 4.69) is 16.0 Å². The standard InChI is InChI=1S/C24H34N4O2/c29-23(27-17-15-26(16-18-27)22-10-4-5-13-25-22)12-11-20-7-6-14-28(19-20)24(30)21-8-2-1-3-9-21/h4-5,8,10,13,20H,1-3,6-7,9,11-12,14-19H2/t20-/m0/s1. The first-order valence-corrected chi connectivity index (χ1v) is 11.6. The van der Waals surface area contributed by atoms with E-state index in [1.165, 1.54) is 6.42 Å². The number of allylic oxidation sites excluding steroid dienone is 1. The Balaban J connectivity index is 1.21. The third-order valence-corrected chi connectivity index (χ3v) is 6.74. The molecule has 2 amide bonds. The van der Waals surface area contributed by atoms with Crippen molar-refractivity contribution < 1.29 is 9.59 Å². The molecule has 2 fully saturated rings. The summed E-state index contributed by atoms with van der Waals surface area (Å²) in [5.41, 5.74) is 1.02. The summed E-state index contributed by atoms with van der Waals surface area (Å²) in [6.45, 7) is 4.89. The average molecular weight is 411 g/mol. The number of anilines is 1. The zero-order valence-corrected chi connectivity index (χ0v) is 18.0. The van der Waals surface area contributed by atoms with E-state index < -0.39 is 0 Å². The number of carbonyl (C=O) groups is 2. The van der Waals surface area contributed by atoms with Gasteiger partial charge in [0.25, 0.3) is 0 Å². The number of hydrogen-bond donors (Lipinski definition) is 0. The first-order chi connectivity index (χ1) is 14.7. The van der Waals surface area contributed by atoms with E-state index in [-0.39, 0.29) is 11.8 Å². The summed E-state index contributed by atoms with van der Waals surface area (Å²) >= 11 is 0. The maximum absolute atomic E-state index is 12.8. The molecule has 0 bridgehead atoms. The normalized spacial score (nSPS) is 22.6. The second-order valence-corrected chi connectivity index (χ2v) is 8.83. The fourth-order valence-electron chi connectivity index (χ4n) is 4.93. The van der Waals surface area contributed by atoms with Crippen molar-refractivity contribution in [1.82, 2.24) is 14.8 Å². The molecule has 0 unspecified atom stereocenters. The number of hydrogen-bond acceptors (Lipinski definition) is 4. The summed E-state index contributed by atoms with van der Waals surface area (Å²) in [6, 6.07) is 5.95. The zero-order chi connectivity index (χ0) is 20.8. The molecule has 0 radical (unpaired) electrons. The van der Waals surface area contributed by atoms with Gasteiger partial charge in [-0.3, -0.25) is 9.59 Å². The Morgan fingerprint density at radius 1 is 1.00 bits per heavy atom. The molecule has 3 heterocycles. The Labute approximate surface area is 179 Å². The molecule has 2 saturated heterocycles. The molecule has 1 aromatic heterocycles. The number of carbonyl (C=O) groups excluding carboxylic acids is 2. The van der Waals surface area contributed by atoms with E-state index in [1.54, 1.807) is 0 Å². The number of nitrogens with zero attached hydrogens (tertiary/aromatic N) is 4. The van der Waals surface area contributed by atoms with Gasteiger partial charge in [0.2, 0.25) is 11.8 Å². The lowest BCUT2D eigenvalue weighted by Crippen LogP contribution is -2.49. The van der Waals surface area contributed by atoms with Crippen molar-refractivity contribution in [3.63, 3.8) is 0 Å². The molecule has 2 aliphatic heterocycles. The number of piperidine rings is 1. The van der Waals surface area contributed by atoms with Crippen LogP contribution in [0, 0.1) is 5.92 Å². The van der Waals surface area contributed by atoms with E-state index in [0.717, 1.165) is 89.2 Å². The second-order valence-electron chi connectivity index (χ2n) is 8.83. The van der Waals surface area contributed by atoms with Crippen LogP contribution in [0.15, 0.2) is 36.0 Å². The van der Waals surface area contributed by atoms with Crippen LogP contribution in [-0.2, 0) is 9.59 Å². The van der Waals surface area contributed by atoms with Gasteiger partial charge in [-0.15, -0.1) is 0 Å². The van der Waals surface area contributed by atoms with Crippen LogP contribution >= 0.6 is 0 Å². The molecule has 1 aromatic rings. The van der Waals surface area contributed by atoms with Crippen LogP contribution in [-0.4, -0.2) is 65.9 Å². The van der Waals surface area contributed by atoms with Gasteiger partial charge in [0.15, 0.2) is 0 Å². The summed E-state index contributed by atoms with van der Waals surface area (Å²) in [5, 5.41) is 0. The molecular weight excluding hydrogens is 376 g/mol. The smallest absolute Gasteiger partial charge is 0.249 e. The third kappa shape index (κ3) is 5.21. The SMILES string of the molecule is O=C(CC[C@@H]1CCCN(C(=O)C2=CCCCC2)C1)N1CCN(c2ccccn2)CC1. The fraction of sp³-hybridized carbons (Fsp3) is 0.625. The van der Waals surface area contributed by atoms with Gasteiger partial charge in [-0.25, -0.2) is 4.98 Å². The lowest BCUT2D eigenvalue weighted by atomic mass is 9.91. The molecule has 0 spiro atoms. The van der Waals surface area contributed by atoms with Gasteiger partial charge in [-0.1, -0.05) is 12.1 Å². The largest absolute Gasteiger partial charge is 0.353 e. The van der Waals surface area contributed by atoms with Crippen molar-refractivity contribution in [2.24, 2.45) is 5.92 Å². The highest BCUT2D eigenvalue weighted by atomic mass is 16.2. The van der Waals surface area contributed by atoms with Gasteiger partial charge in [0.1, 0.15) is 5.82 Å². The zero-order valence-electron chi connectivity index (χ0n) is 18.0. The summed E-state index contributed by atoms with van der Waals surface area (Å²) in [6.07, 6.45) is 11.9. The minimum absolute atomic E-state index is 0.247. The van der Waals surface area contributed by atoms with Crippen LogP contribution in [0.1, 0.15) is 51.4 Å². The summed E-state index contributed by atoms with van der Waals surface area (Å²) in [5.74, 6) is 1.95. The Bertz CT molecular complexity index is 756. The van der Waals surface area contributed by atoms with Crippen LogP contribution in [0.3, 0.4) is 0 Å². The monoisotopic (exact) mass is 410 g/mol. The summed E-state index contributed by atoms with van der Waals surface area (Å²) < 4.78 is 0. The Hall–Kier alpha value is -2.37. The Kier molecular flexibility index (Phi) is 7.03. The van der Waals surface area contributed by atoms with Crippen molar-refractivity contribution >= 4 is 17.6 Å². The average Bonchev–Trinajstić information content (AvgIpc) is 2.83. The highest BCUT2D eigenvalue weighted by molar-refractivity contribution is 5.93. The molecule has 162 valence electrons. The molecule has 3 aliphatic rings. The lowest BCUT2D eigenvalue weighted by Gasteiger charge is -2.36. The molecule has 1 aliphatic carbocycles. The summed E-state index contributed by atoms with van der Waals surface area (Å²) in [7, 11) is 0. The van der Waals surface area contributed by atoms with Crippen LogP contribution in [0.2, 0.25) is 0 Å². The number of pyridine rings is 1. The van der Waals surface area contributed by atoms with Gasteiger partial charge in [-0.2, -0.15) is 0 Å². The molecule has 4 rings (SSSR count). The first kappa shape index (κ1) is 20.9. The van der Waals surface area contributed by atoms with Crippen LogP contribution < -0.4 is 4.90 Å². The minimum Gasteiger partial charge on any atom is -0.353 e. The summed E-state index contributed by atoms with van der Waals surface area (Å²) in [4.78, 5) is 36.3. The molecule has 0 saturated carbocycles. The van der Waals surface area contributed by atoms with Crippen molar-refractivity contribution in [2.45, 2.75) is 51.4 Å². The van der Waals surface area contributed by atoms with E-state index >= 15 is 0 Å². The third-order valence-electron chi connectivity index (χ3n) is 6.74. The van der Waals surface area contributed by atoms with Crippen molar-refractivity contribution in [3.8, 4) is 0 Å². The Morgan fingerprint density at radius 3 is 2.60 bits per heavy atom. The molecule has 1 atom stereocenters. The topological polar surface area (TPSA) is 56.8 Å². The van der Waals surface area contributed by atoms with Crippen molar-refractivity contribution in [3.05, 3.63) is 36.0 Å². The number of likely N-dealkylation sites (tertiary alicyclic amines) is 1. The quantitative estimate of drug-likeness (QED) is 0.748. The molecule has 30 heavy (non-hydrogen) atoms. The van der Waals surface area contributed by atoms with Gasteiger partial charge in [-0.05, 0) is 63.0 Å².